The van der Waals surface area contributed by atoms with Gasteiger partial charge in [-0.05, 0) is 54.3 Å². The van der Waals surface area contributed by atoms with Crippen molar-refractivity contribution >= 4 is 28.1 Å². The average molecular weight is 359 g/mol. The Morgan fingerprint density at radius 1 is 0.926 bits per heavy atom. The number of para-hydroxylation sites is 1. The summed E-state index contributed by atoms with van der Waals surface area (Å²) in [5.41, 5.74) is 5.27. The van der Waals surface area contributed by atoms with Gasteiger partial charge in [0.25, 0.3) is 5.91 Å². The summed E-state index contributed by atoms with van der Waals surface area (Å²) in [7, 11) is 1.71. The van der Waals surface area contributed by atoms with Crippen LogP contribution in [0.15, 0.2) is 48.5 Å². The summed E-state index contributed by atoms with van der Waals surface area (Å²) in [5, 5.41) is 2.15. The number of hydrogen-bond acceptors (Lipinski definition) is 2. The van der Waals surface area contributed by atoms with Gasteiger partial charge in [-0.1, -0.05) is 44.9 Å². The monoisotopic (exact) mass is 359 g/mol. The van der Waals surface area contributed by atoms with E-state index in [4.69, 9.17) is 4.74 Å². The van der Waals surface area contributed by atoms with Gasteiger partial charge in [0.05, 0.1) is 18.4 Å². The zero-order valence-corrected chi connectivity index (χ0v) is 16.2. The van der Waals surface area contributed by atoms with Gasteiger partial charge >= 0.3 is 0 Å². The Morgan fingerprint density at radius 2 is 1.67 bits per heavy atom. The number of carbonyl (C=O) groups excluding carboxylic acids is 1. The van der Waals surface area contributed by atoms with E-state index >= 15 is 0 Å². The Morgan fingerprint density at radius 3 is 2.33 bits per heavy atom. The van der Waals surface area contributed by atoms with E-state index in [-0.39, 0.29) is 5.91 Å². The van der Waals surface area contributed by atoms with E-state index in [1.165, 1.54) is 11.1 Å². The Balaban J connectivity index is 2.06. The van der Waals surface area contributed by atoms with E-state index in [1.54, 1.807) is 7.11 Å². The second-order valence-electron chi connectivity index (χ2n) is 7.07. The standard InChI is InChI=1S/C24H25NO2/c1-4-9-16-15-19-22-20(25(24(19)26)17-11-7-6-8-12-17)13-14-21(27-3)23(22)18(16)10-5-2/h6-8,11-15H,4-5,9-10H2,1-3H3. The molecule has 0 aromatic heterocycles. The molecule has 1 amide bonds. The van der Waals surface area contributed by atoms with Gasteiger partial charge in [0.1, 0.15) is 5.75 Å². The van der Waals surface area contributed by atoms with Crippen molar-refractivity contribution < 1.29 is 9.53 Å². The fraction of sp³-hybridized carbons (Fsp3) is 0.292. The second kappa shape index (κ2) is 7.07. The summed E-state index contributed by atoms with van der Waals surface area (Å²) >= 11 is 0. The smallest absolute Gasteiger partial charge is 0.263 e. The molecule has 1 aliphatic heterocycles. The normalized spacial score (nSPS) is 12.9. The molecule has 0 N–H and O–H groups in total. The van der Waals surface area contributed by atoms with Crippen LogP contribution in [0.5, 0.6) is 5.75 Å². The van der Waals surface area contributed by atoms with Crippen molar-refractivity contribution in [1.82, 2.24) is 0 Å². The molecule has 3 aromatic rings. The zero-order valence-electron chi connectivity index (χ0n) is 16.2. The van der Waals surface area contributed by atoms with E-state index in [9.17, 15) is 4.79 Å². The summed E-state index contributed by atoms with van der Waals surface area (Å²) in [4.78, 5) is 15.2. The fourth-order valence-electron chi connectivity index (χ4n) is 4.26. The second-order valence-corrected chi connectivity index (χ2v) is 7.07. The predicted molar refractivity (Wildman–Crippen MR) is 111 cm³/mol. The number of rotatable bonds is 6. The maximum absolute atomic E-state index is 13.4. The Hall–Kier alpha value is -2.81. The lowest BCUT2D eigenvalue weighted by Crippen LogP contribution is -2.20. The summed E-state index contributed by atoms with van der Waals surface area (Å²) in [6, 6.07) is 16.0. The van der Waals surface area contributed by atoms with Gasteiger partial charge in [0.2, 0.25) is 0 Å². The summed E-state index contributed by atoms with van der Waals surface area (Å²) < 4.78 is 5.73. The molecule has 0 saturated carbocycles. The highest BCUT2D eigenvalue weighted by atomic mass is 16.5. The minimum atomic E-state index is 0.0508. The van der Waals surface area contributed by atoms with E-state index in [0.717, 1.165) is 59.1 Å². The topological polar surface area (TPSA) is 29.5 Å². The highest BCUT2D eigenvalue weighted by Crippen LogP contribution is 2.47. The first-order chi connectivity index (χ1) is 13.2. The molecule has 3 nitrogen and oxygen atoms in total. The molecule has 27 heavy (non-hydrogen) atoms. The van der Waals surface area contributed by atoms with Crippen molar-refractivity contribution in [3.8, 4) is 5.75 Å². The largest absolute Gasteiger partial charge is 0.496 e. The lowest BCUT2D eigenvalue weighted by atomic mass is 9.90. The molecule has 1 heterocycles. The van der Waals surface area contributed by atoms with Gasteiger partial charge in [-0.25, -0.2) is 0 Å². The third-order valence-corrected chi connectivity index (χ3v) is 5.35. The Bertz CT molecular complexity index is 1010. The molecule has 0 radical (unpaired) electrons. The van der Waals surface area contributed by atoms with Crippen molar-refractivity contribution in [3.63, 3.8) is 0 Å². The van der Waals surface area contributed by atoms with Crippen LogP contribution >= 0.6 is 0 Å². The van der Waals surface area contributed by atoms with Crippen LogP contribution in [0.1, 0.15) is 48.2 Å². The molecule has 138 valence electrons. The lowest BCUT2D eigenvalue weighted by Gasteiger charge is -2.18. The number of aryl methyl sites for hydroxylation is 2. The van der Waals surface area contributed by atoms with Crippen LogP contribution < -0.4 is 9.64 Å². The number of nitrogens with zero attached hydrogens (tertiary/aromatic N) is 1. The van der Waals surface area contributed by atoms with Gasteiger partial charge in [-0.15, -0.1) is 0 Å². The van der Waals surface area contributed by atoms with Crippen molar-refractivity contribution in [2.45, 2.75) is 39.5 Å². The first kappa shape index (κ1) is 17.6. The molecular weight excluding hydrogens is 334 g/mol. The molecule has 0 aliphatic carbocycles. The van der Waals surface area contributed by atoms with Crippen molar-refractivity contribution in [3.05, 3.63) is 65.2 Å². The number of ether oxygens (including phenoxy) is 1. The van der Waals surface area contributed by atoms with Crippen LogP contribution in [0.2, 0.25) is 0 Å². The molecule has 0 saturated heterocycles. The van der Waals surface area contributed by atoms with E-state index in [1.807, 2.05) is 47.4 Å². The van der Waals surface area contributed by atoms with Crippen molar-refractivity contribution in [2.24, 2.45) is 0 Å². The Kier molecular flexibility index (Phi) is 4.61. The third-order valence-electron chi connectivity index (χ3n) is 5.35. The highest BCUT2D eigenvalue weighted by molar-refractivity contribution is 6.29. The molecule has 3 heteroatoms. The van der Waals surface area contributed by atoms with E-state index in [0.29, 0.717) is 0 Å². The van der Waals surface area contributed by atoms with Crippen LogP contribution in [0.25, 0.3) is 10.8 Å². The molecule has 0 spiro atoms. The van der Waals surface area contributed by atoms with E-state index in [2.05, 4.69) is 19.9 Å². The number of methoxy groups -OCH3 is 1. The van der Waals surface area contributed by atoms with Crippen molar-refractivity contribution in [1.29, 1.82) is 0 Å². The quantitative estimate of drug-likeness (QED) is 0.536. The van der Waals surface area contributed by atoms with Crippen LogP contribution in [-0.4, -0.2) is 13.0 Å². The average Bonchev–Trinajstić information content (AvgIpc) is 2.98. The van der Waals surface area contributed by atoms with Gasteiger partial charge in [-0.2, -0.15) is 0 Å². The summed E-state index contributed by atoms with van der Waals surface area (Å²) in [6.45, 7) is 4.39. The van der Waals surface area contributed by atoms with Crippen LogP contribution in [0.3, 0.4) is 0 Å². The minimum absolute atomic E-state index is 0.0508. The minimum Gasteiger partial charge on any atom is -0.496 e. The van der Waals surface area contributed by atoms with Gasteiger partial charge in [-0.3, -0.25) is 9.69 Å². The van der Waals surface area contributed by atoms with Crippen LogP contribution in [-0.2, 0) is 12.8 Å². The first-order valence-corrected chi connectivity index (χ1v) is 9.76. The number of amides is 1. The van der Waals surface area contributed by atoms with Crippen LogP contribution in [0.4, 0.5) is 11.4 Å². The molecule has 4 rings (SSSR count). The first-order valence-electron chi connectivity index (χ1n) is 9.76. The maximum atomic E-state index is 13.4. The van der Waals surface area contributed by atoms with E-state index < -0.39 is 0 Å². The number of benzene rings is 3. The number of anilines is 2. The van der Waals surface area contributed by atoms with Gasteiger partial charge in [0.15, 0.2) is 0 Å². The number of carbonyl (C=O) groups is 1. The van der Waals surface area contributed by atoms with Gasteiger partial charge in [0, 0.05) is 16.5 Å². The highest BCUT2D eigenvalue weighted by Gasteiger charge is 2.33. The molecule has 0 fully saturated rings. The number of hydrogen-bond donors (Lipinski definition) is 0. The molecule has 0 atom stereocenters. The Labute approximate surface area is 160 Å². The SMILES string of the molecule is CCCc1cc2c3c(ccc(OC)c3c1CCC)N(c1ccccc1)C2=O. The maximum Gasteiger partial charge on any atom is 0.263 e. The van der Waals surface area contributed by atoms with Gasteiger partial charge < -0.3 is 4.74 Å². The summed E-state index contributed by atoms with van der Waals surface area (Å²) in [5.74, 6) is 0.911. The lowest BCUT2D eigenvalue weighted by molar-refractivity contribution is 0.100. The molecule has 0 bridgehead atoms. The fourth-order valence-corrected chi connectivity index (χ4v) is 4.26. The third kappa shape index (κ3) is 2.69. The molecule has 1 aliphatic rings. The molecule has 0 unspecified atom stereocenters. The molecule has 3 aromatic carbocycles. The molecular formula is C24H25NO2. The summed E-state index contributed by atoms with van der Waals surface area (Å²) in [6.07, 6.45) is 4.09. The predicted octanol–water partition coefficient (Wildman–Crippen LogP) is 6.05. The zero-order chi connectivity index (χ0) is 19.0. The van der Waals surface area contributed by atoms with Crippen LogP contribution in [0, 0.1) is 0 Å². The van der Waals surface area contributed by atoms with Crippen molar-refractivity contribution in [2.75, 3.05) is 12.0 Å².